The van der Waals surface area contributed by atoms with E-state index < -0.39 is 0 Å². The van der Waals surface area contributed by atoms with Crippen LogP contribution in [0.5, 0.6) is 0 Å². The summed E-state index contributed by atoms with van der Waals surface area (Å²) >= 11 is 0. The van der Waals surface area contributed by atoms with Gasteiger partial charge in [-0.1, -0.05) is 64.9 Å². The van der Waals surface area contributed by atoms with E-state index in [1.165, 1.54) is 0 Å². The minimum absolute atomic E-state index is 0. The first-order valence-electron chi connectivity index (χ1n) is 29.4. The molecule has 92 heavy (non-hydrogen) atoms. The van der Waals surface area contributed by atoms with Crippen molar-refractivity contribution in [2.45, 2.75) is 0 Å². The molecule has 18 rings (SSSR count). The fraction of sp³-hybridized carbons (Fsp3) is 0.0256. The number of para-hydroxylation sites is 1. The molecule has 8 aromatic carbocycles. The largest absolute Gasteiger partial charge is 2.00 e. The van der Waals surface area contributed by atoms with E-state index in [4.69, 9.17) is 27.6 Å². The van der Waals surface area contributed by atoms with Crippen LogP contribution in [-0.4, -0.2) is 38.2 Å². The maximum Gasteiger partial charge on any atom is 2.00 e. The molecule has 0 atom stereocenters. The van der Waals surface area contributed by atoms with Gasteiger partial charge in [0.05, 0.1) is 58.8 Å². The second-order valence-corrected chi connectivity index (χ2v) is 22.0. The first-order chi connectivity index (χ1) is 44.4. The van der Waals surface area contributed by atoms with Crippen LogP contribution in [-0.2, 0) is 56.2 Å². The number of benzene rings is 8. The molecule has 14 heteroatoms. The number of hydrogen-bond donors (Lipinski definition) is 0. The molecule has 0 N–H and O–H groups in total. The van der Waals surface area contributed by atoms with Gasteiger partial charge in [-0.25, -0.2) is 0 Å². The summed E-state index contributed by atoms with van der Waals surface area (Å²) in [6.07, 6.45) is 10.4. The Balaban J connectivity index is 0.000000149. The molecule has 10 aromatic heterocycles. The predicted molar refractivity (Wildman–Crippen MR) is 354 cm³/mol. The van der Waals surface area contributed by atoms with Gasteiger partial charge in [-0.05, 0) is 160 Å². The maximum atomic E-state index is 5.84. The van der Waals surface area contributed by atoms with Gasteiger partial charge in [-0.2, -0.15) is 0 Å². The molecule has 0 aliphatic carbocycles. The number of imidazole rings is 2. The zero-order valence-corrected chi connectivity index (χ0v) is 53.6. The van der Waals surface area contributed by atoms with E-state index in [1.807, 2.05) is 117 Å². The summed E-state index contributed by atoms with van der Waals surface area (Å²) < 4.78 is 31.6. The van der Waals surface area contributed by atoms with Gasteiger partial charge < -0.3 is 45.9 Å². The number of hydrogen-bond acceptors (Lipinski definition) is 8. The third-order valence-corrected chi connectivity index (χ3v) is 16.7. The molecule has 0 fully saturated rings. The van der Waals surface area contributed by atoms with E-state index in [0.29, 0.717) is 0 Å². The van der Waals surface area contributed by atoms with Gasteiger partial charge in [0.15, 0.2) is 0 Å². The number of pyridine rings is 2. The molecule has 444 valence electrons. The molecule has 0 radical (unpaired) electrons. The molecule has 10 heterocycles. The van der Waals surface area contributed by atoms with E-state index >= 15 is 0 Å². The first-order valence-corrected chi connectivity index (χ1v) is 29.4. The average Bonchev–Trinajstić information content (AvgIpc) is 1.61. The van der Waals surface area contributed by atoms with Crippen molar-refractivity contribution >= 4 is 65.7 Å². The third kappa shape index (κ3) is 10.0. The zero-order chi connectivity index (χ0) is 59.8. The van der Waals surface area contributed by atoms with Crippen molar-refractivity contribution in [2.75, 3.05) is 0 Å². The van der Waals surface area contributed by atoms with Crippen LogP contribution in [0.1, 0.15) is 0 Å². The minimum Gasteiger partial charge on any atom is -0.466 e. The Morgan fingerprint density at radius 2 is 0.848 bits per heavy atom. The van der Waals surface area contributed by atoms with Crippen LogP contribution >= 0.6 is 0 Å². The van der Waals surface area contributed by atoms with Gasteiger partial charge in [-0.15, -0.1) is 101 Å². The molecule has 0 saturated heterocycles. The van der Waals surface area contributed by atoms with Crippen LogP contribution in [0.25, 0.3) is 168 Å². The number of rotatable bonds is 10. The van der Waals surface area contributed by atoms with Crippen molar-refractivity contribution in [3.63, 3.8) is 0 Å². The van der Waals surface area contributed by atoms with Gasteiger partial charge in [0, 0.05) is 54.2 Å². The number of nitrogens with zero attached hydrogens (tertiary/aromatic N) is 8. The summed E-state index contributed by atoms with van der Waals surface area (Å²) in [5.74, 6) is 4.93. The molecule has 18 aromatic rings. The van der Waals surface area contributed by atoms with E-state index in [9.17, 15) is 0 Å². The smallest absolute Gasteiger partial charge is 0.466 e. The molecular formula is C78H48N8O4Pt2. The van der Waals surface area contributed by atoms with E-state index in [0.717, 1.165) is 168 Å². The summed E-state index contributed by atoms with van der Waals surface area (Å²) in [6, 6.07) is 88.4. The molecule has 0 spiro atoms. The predicted octanol–water partition coefficient (Wildman–Crippen LogP) is 19.0. The Labute approximate surface area is 555 Å². The number of furan rings is 4. The summed E-state index contributed by atoms with van der Waals surface area (Å²) in [7, 11) is 4.09. The number of fused-ring (bicyclic) bond motifs is 8. The molecule has 0 aliphatic heterocycles. The average molecular weight is 1550 g/mol. The fourth-order valence-corrected chi connectivity index (χ4v) is 12.4. The van der Waals surface area contributed by atoms with E-state index in [1.54, 1.807) is 37.4 Å². The standard InChI is InChI=1S/2C39H24N4O2.2Pt/c1-42-35-17-14-27(38-11-6-20-45-38)23-33(35)41-39(42)28-12-15-30-31-22-26(37-10-5-19-44-37)13-16-34(31)43(36(30)24-28)29-8-4-7-25(21-29)32-9-2-3-18-40-32;1-42-36-23-25(37-11-6-18-44-37)14-16-33(36)41-39(42)26-13-15-31-30-8-2-3-10-34(30)43(35(31)24-26)29-21-27(32-9-4-5-17-40-32)20-28(22-29)38-12-7-19-45-38;;/h2*2-20,22-23H,1H3;;/q2*-2;2*+2. The van der Waals surface area contributed by atoms with Crippen molar-refractivity contribution in [3.05, 3.63) is 280 Å². The van der Waals surface area contributed by atoms with Crippen LogP contribution in [0.3, 0.4) is 0 Å². The van der Waals surface area contributed by atoms with Crippen molar-refractivity contribution in [1.82, 2.24) is 38.2 Å². The summed E-state index contributed by atoms with van der Waals surface area (Å²) in [5, 5.41) is 4.42. The fourth-order valence-electron chi connectivity index (χ4n) is 12.4. The molecule has 0 aliphatic rings. The van der Waals surface area contributed by atoms with Gasteiger partial charge in [0.25, 0.3) is 0 Å². The van der Waals surface area contributed by atoms with Crippen molar-refractivity contribution in [1.29, 1.82) is 0 Å². The minimum atomic E-state index is 0. The monoisotopic (exact) mass is 1550 g/mol. The second kappa shape index (κ2) is 23.8. The summed E-state index contributed by atoms with van der Waals surface area (Å²) in [4.78, 5) is 19.3. The van der Waals surface area contributed by atoms with Crippen LogP contribution in [0, 0.1) is 24.3 Å². The Bertz CT molecular complexity index is 5690. The maximum absolute atomic E-state index is 5.84. The topological polar surface area (TPSA) is 124 Å². The molecule has 0 amide bonds. The molecule has 12 nitrogen and oxygen atoms in total. The normalized spacial score (nSPS) is 11.4. The Kier molecular flexibility index (Phi) is 14.9. The van der Waals surface area contributed by atoms with Crippen LogP contribution < -0.4 is 0 Å². The quantitative estimate of drug-likeness (QED) is 0.124. The van der Waals surface area contributed by atoms with Crippen LogP contribution in [0.2, 0.25) is 0 Å². The SMILES string of the molecule is Cn1c(-c2[c-]c3c(cc2)c2cc(-c4ccco4)ccc2n3-c2[c-]c(-c3ccccn3)ccc2)nc2cc(-c3ccco3)ccc21.Cn1c(-c2[c-]c3c(cc2)c2ccccc2n3-c2[c-]c(-c3ccccn3)cc(-c3ccco3)c2)nc2ccc(-c3ccco3)cc21.[Pt+2].[Pt+2]. The third-order valence-electron chi connectivity index (χ3n) is 16.7. The van der Waals surface area contributed by atoms with Gasteiger partial charge in [-0.3, -0.25) is 9.97 Å². The number of aromatic nitrogens is 8. The van der Waals surface area contributed by atoms with Crippen molar-refractivity contribution in [2.24, 2.45) is 14.1 Å². The van der Waals surface area contributed by atoms with Crippen LogP contribution in [0.15, 0.2) is 274 Å². The molecular weight excluding hydrogens is 1500 g/mol. The second-order valence-electron chi connectivity index (χ2n) is 22.0. The Morgan fingerprint density at radius 3 is 1.48 bits per heavy atom. The van der Waals surface area contributed by atoms with E-state index in [-0.39, 0.29) is 42.1 Å². The van der Waals surface area contributed by atoms with Gasteiger partial charge in [0.1, 0.15) is 23.0 Å². The van der Waals surface area contributed by atoms with Crippen molar-refractivity contribution < 1.29 is 59.8 Å². The Morgan fingerprint density at radius 1 is 0.326 bits per heavy atom. The van der Waals surface area contributed by atoms with Gasteiger partial charge >= 0.3 is 42.1 Å². The van der Waals surface area contributed by atoms with Gasteiger partial charge in [0.2, 0.25) is 0 Å². The summed E-state index contributed by atoms with van der Waals surface area (Å²) in [5.41, 5.74) is 18.9. The molecule has 0 saturated carbocycles. The van der Waals surface area contributed by atoms with Crippen LogP contribution in [0.4, 0.5) is 0 Å². The van der Waals surface area contributed by atoms with Crippen molar-refractivity contribution in [3.8, 4) is 102 Å². The first kappa shape index (κ1) is 57.5. The number of aryl methyl sites for hydroxylation is 2. The van der Waals surface area contributed by atoms with E-state index in [2.05, 4.69) is 168 Å². The Hall–Kier alpha value is -10.9. The molecule has 0 unspecified atom stereocenters. The molecule has 0 bridgehead atoms. The summed E-state index contributed by atoms with van der Waals surface area (Å²) in [6.45, 7) is 0. The zero-order valence-electron chi connectivity index (χ0n) is 49.1.